The number of hydrogen-bond donors (Lipinski definition) is 1. The summed E-state index contributed by atoms with van der Waals surface area (Å²) in [6, 6.07) is 32.9. The molecule has 52 heavy (non-hydrogen) atoms. The number of ether oxygens (including phenoxy) is 5. The summed E-state index contributed by atoms with van der Waals surface area (Å²) in [5, 5.41) is 9.24. The third kappa shape index (κ3) is 6.89. The van der Waals surface area contributed by atoms with Gasteiger partial charge in [0.1, 0.15) is 35.4 Å². The van der Waals surface area contributed by atoms with Crippen molar-refractivity contribution in [3.63, 3.8) is 0 Å². The molecule has 0 bridgehead atoms. The van der Waals surface area contributed by atoms with Gasteiger partial charge < -0.3 is 28.8 Å². The summed E-state index contributed by atoms with van der Waals surface area (Å²) in [4.78, 5) is 53.9. The van der Waals surface area contributed by atoms with Crippen molar-refractivity contribution in [3.05, 3.63) is 126 Å². The highest BCUT2D eigenvalue weighted by molar-refractivity contribution is 6.22. The molecule has 11 heteroatoms. The minimum Gasteiger partial charge on any atom is -0.497 e. The Kier molecular flexibility index (Phi) is 10.7. The largest absolute Gasteiger partial charge is 0.497 e. The second-order valence-corrected chi connectivity index (χ2v) is 12.9. The number of nitrogens with zero attached hydrogens (tertiary/aromatic N) is 1. The summed E-state index contributed by atoms with van der Waals surface area (Å²) in [7, 11) is 3.15. The number of carbonyl (C=O) groups excluding carboxylic acids is 3. The molecule has 6 unspecified atom stereocenters. The van der Waals surface area contributed by atoms with Crippen molar-refractivity contribution in [1.29, 1.82) is 0 Å². The first-order valence-electron chi connectivity index (χ1n) is 17.1. The average Bonchev–Trinajstić information content (AvgIpc) is 3.65. The molecule has 2 saturated heterocycles. The van der Waals surface area contributed by atoms with E-state index >= 15 is 0 Å². The van der Waals surface area contributed by atoms with E-state index in [1.54, 1.807) is 58.4 Å². The number of fused-ring (bicyclic) bond motifs is 1. The lowest BCUT2D eigenvalue weighted by Gasteiger charge is -2.42. The lowest BCUT2D eigenvalue weighted by molar-refractivity contribution is -0.185. The van der Waals surface area contributed by atoms with E-state index < -0.39 is 66.1 Å². The number of esters is 1. The number of hydrogen-bond acceptors (Lipinski definition) is 9. The second kappa shape index (κ2) is 15.4. The number of anilines is 1. The van der Waals surface area contributed by atoms with Gasteiger partial charge >= 0.3 is 11.9 Å². The van der Waals surface area contributed by atoms with Crippen molar-refractivity contribution in [2.75, 3.05) is 19.1 Å². The molecule has 0 radical (unpaired) electrons. The second-order valence-electron chi connectivity index (χ2n) is 12.9. The van der Waals surface area contributed by atoms with E-state index in [4.69, 9.17) is 23.7 Å². The fourth-order valence-corrected chi connectivity index (χ4v) is 7.29. The number of benzene rings is 4. The van der Waals surface area contributed by atoms with Crippen LogP contribution >= 0.6 is 0 Å². The SMILES string of the molecule is COc1ccc(C(OC(C(C)OC(=O)CCC(=O)O)C2OC(C)C3C(=O)N(c4ccccc4)C(=O)C23)(c2ccccc2)c2ccc(OC)cc2)cc1. The highest BCUT2D eigenvalue weighted by Crippen LogP contribution is 2.48. The Morgan fingerprint density at radius 3 is 1.77 bits per heavy atom. The van der Waals surface area contributed by atoms with Crippen LogP contribution in [-0.4, -0.2) is 67.5 Å². The van der Waals surface area contributed by atoms with Crippen molar-refractivity contribution in [2.45, 2.75) is 56.7 Å². The van der Waals surface area contributed by atoms with E-state index in [2.05, 4.69) is 0 Å². The van der Waals surface area contributed by atoms with E-state index in [0.717, 1.165) is 0 Å². The zero-order chi connectivity index (χ0) is 37.0. The topological polar surface area (TPSA) is 138 Å². The standard InChI is InChI=1S/C41H41NO10/c1-25-35-36(40(47)42(39(35)46)30-13-9-6-10-14-30)38(51-25)37(26(2)50-34(45)24-23-33(43)44)52-41(27-11-7-5-8-12-27,28-15-19-31(48-3)20-16-28)29-17-21-32(49-4)22-18-29/h5-22,25-26,35-38H,23-24H2,1-4H3,(H,43,44). The van der Waals surface area contributed by atoms with Gasteiger partial charge in [0.2, 0.25) is 11.8 Å². The zero-order valence-corrected chi connectivity index (χ0v) is 29.3. The maximum absolute atomic E-state index is 14.4. The van der Waals surface area contributed by atoms with E-state index in [0.29, 0.717) is 33.9 Å². The van der Waals surface area contributed by atoms with E-state index in [-0.39, 0.29) is 12.3 Å². The van der Waals surface area contributed by atoms with Crippen LogP contribution in [-0.2, 0) is 39.0 Å². The Morgan fingerprint density at radius 1 is 0.750 bits per heavy atom. The molecule has 0 spiro atoms. The Hall–Kier alpha value is -5.52. The van der Waals surface area contributed by atoms with Gasteiger partial charge in [-0.15, -0.1) is 0 Å². The predicted molar refractivity (Wildman–Crippen MR) is 190 cm³/mol. The number of amides is 2. The first-order valence-corrected chi connectivity index (χ1v) is 17.1. The summed E-state index contributed by atoms with van der Waals surface area (Å²) in [5.74, 6) is -3.32. The van der Waals surface area contributed by atoms with Gasteiger partial charge in [-0.05, 0) is 66.9 Å². The van der Waals surface area contributed by atoms with Gasteiger partial charge in [-0.25, -0.2) is 4.90 Å². The Morgan fingerprint density at radius 2 is 1.25 bits per heavy atom. The van der Waals surface area contributed by atoms with Crippen LogP contribution in [0.4, 0.5) is 5.69 Å². The van der Waals surface area contributed by atoms with Crippen molar-refractivity contribution < 1.29 is 48.0 Å². The first-order chi connectivity index (χ1) is 25.1. The zero-order valence-electron chi connectivity index (χ0n) is 29.3. The third-order valence-electron chi connectivity index (χ3n) is 9.78. The van der Waals surface area contributed by atoms with Crippen LogP contribution in [0, 0.1) is 11.8 Å². The highest BCUT2D eigenvalue weighted by Gasteiger charge is 2.62. The molecular weight excluding hydrogens is 666 g/mol. The minimum atomic E-state index is -1.42. The number of methoxy groups -OCH3 is 2. The summed E-state index contributed by atoms with van der Waals surface area (Å²) < 4.78 is 30.8. The van der Waals surface area contributed by atoms with Crippen molar-refractivity contribution in [2.24, 2.45) is 11.8 Å². The quantitative estimate of drug-likeness (QED) is 0.0977. The molecule has 0 saturated carbocycles. The maximum atomic E-state index is 14.4. The number of aliphatic carboxylic acids is 1. The molecule has 2 fully saturated rings. The fourth-order valence-electron chi connectivity index (χ4n) is 7.29. The molecule has 4 aromatic rings. The van der Waals surface area contributed by atoms with Crippen LogP contribution in [0.3, 0.4) is 0 Å². The summed E-state index contributed by atoms with van der Waals surface area (Å²) in [5.41, 5.74) is 1.10. The van der Waals surface area contributed by atoms with Gasteiger partial charge in [-0.2, -0.15) is 0 Å². The van der Waals surface area contributed by atoms with Crippen LogP contribution in [0.15, 0.2) is 109 Å². The third-order valence-corrected chi connectivity index (χ3v) is 9.78. The molecule has 4 aromatic carbocycles. The monoisotopic (exact) mass is 707 g/mol. The summed E-state index contributed by atoms with van der Waals surface area (Å²) in [6.07, 6.45) is -4.79. The van der Waals surface area contributed by atoms with Gasteiger partial charge in [0.15, 0.2) is 0 Å². The van der Waals surface area contributed by atoms with E-state index in [1.165, 1.54) is 4.90 Å². The number of carboxylic acids is 1. The molecule has 2 aliphatic rings. The van der Waals surface area contributed by atoms with Crippen LogP contribution < -0.4 is 14.4 Å². The Bertz CT molecular complexity index is 1830. The minimum absolute atomic E-state index is 0.375. The van der Waals surface area contributed by atoms with Gasteiger partial charge in [0.25, 0.3) is 0 Å². The Balaban J connectivity index is 1.52. The molecular formula is C41H41NO10. The number of imide groups is 1. The molecule has 2 heterocycles. The first kappa shape index (κ1) is 36.3. The molecule has 0 aromatic heterocycles. The average molecular weight is 708 g/mol. The van der Waals surface area contributed by atoms with Crippen LogP contribution in [0.5, 0.6) is 11.5 Å². The molecule has 2 amide bonds. The maximum Gasteiger partial charge on any atom is 0.306 e. The predicted octanol–water partition coefficient (Wildman–Crippen LogP) is 5.77. The highest BCUT2D eigenvalue weighted by atomic mass is 16.6. The molecule has 2 aliphatic heterocycles. The van der Waals surface area contributed by atoms with Gasteiger partial charge in [-0.1, -0.05) is 72.8 Å². The molecule has 6 atom stereocenters. The lowest BCUT2D eigenvalue weighted by atomic mass is 9.79. The number of para-hydroxylation sites is 1. The molecule has 1 N–H and O–H groups in total. The van der Waals surface area contributed by atoms with Crippen LogP contribution in [0.1, 0.15) is 43.4 Å². The van der Waals surface area contributed by atoms with Crippen LogP contribution in [0.25, 0.3) is 0 Å². The molecule has 11 nitrogen and oxygen atoms in total. The van der Waals surface area contributed by atoms with Crippen molar-refractivity contribution >= 4 is 29.4 Å². The number of carboxylic acid groups (broad SMARTS) is 1. The Labute approximate surface area is 302 Å². The van der Waals surface area contributed by atoms with Gasteiger partial charge in [0, 0.05) is 0 Å². The van der Waals surface area contributed by atoms with Crippen molar-refractivity contribution in [1.82, 2.24) is 0 Å². The molecule has 6 rings (SSSR count). The molecule has 270 valence electrons. The van der Waals surface area contributed by atoms with E-state index in [1.807, 2.05) is 78.9 Å². The number of carbonyl (C=O) groups is 4. The van der Waals surface area contributed by atoms with Gasteiger partial charge in [0.05, 0.1) is 50.7 Å². The summed E-state index contributed by atoms with van der Waals surface area (Å²) >= 11 is 0. The van der Waals surface area contributed by atoms with Gasteiger partial charge in [-0.3, -0.25) is 19.2 Å². The van der Waals surface area contributed by atoms with E-state index in [9.17, 15) is 24.3 Å². The smallest absolute Gasteiger partial charge is 0.306 e. The fraction of sp³-hybridized carbons (Fsp3) is 0.317. The molecule has 0 aliphatic carbocycles. The van der Waals surface area contributed by atoms with Crippen molar-refractivity contribution in [3.8, 4) is 11.5 Å². The summed E-state index contributed by atoms with van der Waals surface area (Å²) in [6.45, 7) is 3.37. The van der Waals surface area contributed by atoms with Crippen LogP contribution in [0.2, 0.25) is 0 Å². The normalized spacial score (nSPS) is 21.0. The number of rotatable bonds is 14. The lowest BCUT2D eigenvalue weighted by Crippen LogP contribution is -2.51.